The Kier molecular flexibility index (Phi) is 4.95. The molecule has 1 aromatic carbocycles. The van der Waals surface area contributed by atoms with Gasteiger partial charge in [0.2, 0.25) is 0 Å². The van der Waals surface area contributed by atoms with Crippen molar-refractivity contribution in [3.8, 4) is 0 Å². The minimum atomic E-state index is -0.182. The number of benzene rings is 1. The van der Waals surface area contributed by atoms with E-state index in [-0.39, 0.29) is 11.9 Å². The topological polar surface area (TPSA) is 32.5 Å². The Labute approximate surface area is 122 Å². The number of nitrogens with zero attached hydrogens (tertiary/aromatic N) is 2. The summed E-state index contributed by atoms with van der Waals surface area (Å²) >= 11 is 3.29. The Hall–Kier alpha value is -0.490. The Morgan fingerprint density at radius 1 is 1.53 bits per heavy atom. The highest BCUT2D eigenvalue weighted by Gasteiger charge is 2.30. The SMILES string of the molecule is CN(C)C1CCN(C(CN)c2ccc(Br)cc2F)C1. The molecule has 0 amide bonds. The van der Waals surface area contributed by atoms with Gasteiger partial charge in [-0.1, -0.05) is 22.0 Å². The van der Waals surface area contributed by atoms with Crippen LogP contribution in [0, 0.1) is 5.82 Å². The number of likely N-dealkylation sites (N-methyl/N-ethyl adjacent to an activating group) is 1. The molecule has 2 N–H and O–H groups in total. The third kappa shape index (κ3) is 3.34. The fourth-order valence-corrected chi connectivity index (χ4v) is 3.05. The van der Waals surface area contributed by atoms with Crippen LogP contribution < -0.4 is 5.73 Å². The van der Waals surface area contributed by atoms with Crippen LogP contribution in [0.1, 0.15) is 18.0 Å². The minimum absolute atomic E-state index is 0.0296. The molecule has 0 aliphatic carbocycles. The van der Waals surface area contributed by atoms with Crippen molar-refractivity contribution >= 4 is 15.9 Å². The second kappa shape index (κ2) is 6.31. The lowest BCUT2D eigenvalue weighted by Crippen LogP contribution is -2.36. The summed E-state index contributed by atoms with van der Waals surface area (Å²) in [6, 6.07) is 5.73. The summed E-state index contributed by atoms with van der Waals surface area (Å²) in [4.78, 5) is 4.52. The van der Waals surface area contributed by atoms with Crippen molar-refractivity contribution in [2.75, 3.05) is 33.7 Å². The van der Waals surface area contributed by atoms with Crippen LogP contribution in [0.2, 0.25) is 0 Å². The number of likely N-dealkylation sites (tertiary alicyclic amines) is 1. The summed E-state index contributed by atoms with van der Waals surface area (Å²) in [5.74, 6) is -0.182. The molecule has 0 bridgehead atoms. The molecule has 1 aliphatic rings. The summed E-state index contributed by atoms with van der Waals surface area (Å²) in [5.41, 5.74) is 6.58. The highest BCUT2D eigenvalue weighted by molar-refractivity contribution is 9.10. The van der Waals surface area contributed by atoms with Gasteiger partial charge in [-0.2, -0.15) is 0 Å². The molecule has 1 aliphatic heterocycles. The third-order valence-electron chi connectivity index (χ3n) is 3.91. The number of hydrogen-bond acceptors (Lipinski definition) is 3. The van der Waals surface area contributed by atoms with Gasteiger partial charge in [-0.25, -0.2) is 4.39 Å². The average molecular weight is 330 g/mol. The average Bonchev–Trinajstić information content (AvgIpc) is 2.82. The number of rotatable bonds is 4. The summed E-state index contributed by atoms with van der Waals surface area (Å²) in [6.07, 6.45) is 1.11. The van der Waals surface area contributed by atoms with E-state index in [0.29, 0.717) is 18.2 Å². The molecule has 1 aromatic rings. The molecule has 2 rings (SSSR count). The van der Waals surface area contributed by atoms with Crippen LogP contribution in [0.15, 0.2) is 22.7 Å². The second-order valence-corrected chi connectivity index (χ2v) is 6.23. The molecule has 0 radical (unpaired) electrons. The Balaban J connectivity index is 2.16. The minimum Gasteiger partial charge on any atom is -0.329 e. The predicted octanol–water partition coefficient (Wildman–Crippen LogP) is 2.22. The van der Waals surface area contributed by atoms with Crippen molar-refractivity contribution in [1.82, 2.24) is 9.80 Å². The van der Waals surface area contributed by atoms with Crippen molar-refractivity contribution in [1.29, 1.82) is 0 Å². The van der Waals surface area contributed by atoms with Crippen LogP contribution in [0.4, 0.5) is 4.39 Å². The van der Waals surface area contributed by atoms with Crippen molar-refractivity contribution in [3.63, 3.8) is 0 Å². The molecular formula is C14H21BrFN3. The lowest BCUT2D eigenvalue weighted by molar-refractivity contribution is 0.217. The van der Waals surface area contributed by atoms with Gasteiger partial charge < -0.3 is 10.6 Å². The van der Waals surface area contributed by atoms with Gasteiger partial charge >= 0.3 is 0 Å². The van der Waals surface area contributed by atoms with Gasteiger partial charge in [0, 0.05) is 41.8 Å². The summed E-state index contributed by atoms with van der Waals surface area (Å²) < 4.78 is 14.8. The fraction of sp³-hybridized carbons (Fsp3) is 0.571. The standard InChI is InChI=1S/C14H21BrFN3/c1-18(2)11-5-6-19(9-11)14(8-17)12-4-3-10(15)7-13(12)16/h3-4,7,11,14H,5-6,8-9,17H2,1-2H3. The second-order valence-electron chi connectivity index (χ2n) is 5.32. The van der Waals surface area contributed by atoms with Gasteiger partial charge in [0.05, 0.1) is 0 Å². The van der Waals surface area contributed by atoms with Crippen molar-refractivity contribution < 1.29 is 4.39 Å². The molecule has 1 fully saturated rings. The highest BCUT2D eigenvalue weighted by atomic mass is 79.9. The normalized spacial score (nSPS) is 22.1. The Bertz CT molecular complexity index is 439. The molecule has 2 atom stereocenters. The quantitative estimate of drug-likeness (QED) is 0.919. The van der Waals surface area contributed by atoms with Gasteiger partial charge in [-0.05, 0) is 32.6 Å². The maximum absolute atomic E-state index is 14.1. The van der Waals surface area contributed by atoms with E-state index in [2.05, 4.69) is 39.8 Å². The van der Waals surface area contributed by atoms with E-state index in [4.69, 9.17) is 5.73 Å². The number of halogens is 2. The van der Waals surface area contributed by atoms with E-state index < -0.39 is 0 Å². The third-order valence-corrected chi connectivity index (χ3v) is 4.40. The molecule has 19 heavy (non-hydrogen) atoms. The van der Waals surface area contributed by atoms with E-state index >= 15 is 0 Å². The monoisotopic (exact) mass is 329 g/mol. The zero-order valence-electron chi connectivity index (χ0n) is 11.4. The largest absolute Gasteiger partial charge is 0.329 e. The van der Waals surface area contributed by atoms with Crippen molar-refractivity contribution in [2.24, 2.45) is 5.73 Å². The van der Waals surface area contributed by atoms with Crippen LogP contribution in [-0.2, 0) is 0 Å². The van der Waals surface area contributed by atoms with Crippen molar-refractivity contribution in [2.45, 2.75) is 18.5 Å². The van der Waals surface area contributed by atoms with Gasteiger partial charge in [-0.15, -0.1) is 0 Å². The Morgan fingerprint density at radius 3 is 2.79 bits per heavy atom. The number of nitrogens with two attached hydrogens (primary N) is 1. The zero-order valence-corrected chi connectivity index (χ0v) is 13.0. The molecule has 106 valence electrons. The smallest absolute Gasteiger partial charge is 0.129 e. The highest BCUT2D eigenvalue weighted by Crippen LogP contribution is 2.28. The molecule has 5 heteroatoms. The van der Waals surface area contributed by atoms with Crippen LogP contribution in [0.25, 0.3) is 0 Å². The fourth-order valence-electron chi connectivity index (χ4n) is 2.72. The molecule has 1 saturated heterocycles. The summed E-state index contributed by atoms with van der Waals surface area (Å²) in [7, 11) is 4.18. The molecule has 0 saturated carbocycles. The first-order valence-corrected chi connectivity index (χ1v) is 7.37. The molecule has 3 nitrogen and oxygen atoms in total. The Morgan fingerprint density at radius 2 is 2.26 bits per heavy atom. The first kappa shape index (κ1) is 14.9. The van der Waals surface area contributed by atoms with Crippen LogP contribution >= 0.6 is 15.9 Å². The molecule has 2 unspecified atom stereocenters. The lowest BCUT2D eigenvalue weighted by Gasteiger charge is -2.28. The van der Waals surface area contributed by atoms with E-state index in [0.717, 1.165) is 24.0 Å². The molecule has 0 spiro atoms. The maximum atomic E-state index is 14.1. The number of hydrogen-bond donors (Lipinski definition) is 1. The van der Waals surface area contributed by atoms with Gasteiger partial charge in [0.25, 0.3) is 0 Å². The van der Waals surface area contributed by atoms with E-state index in [1.54, 1.807) is 0 Å². The lowest BCUT2D eigenvalue weighted by atomic mass is 10.1. The molecular weight excluding hydrogens is 309 g/mol. The van der Waals surface area contributed by atoms with Gasteiger partial charge in [0.1, 0.15) is 5.82 Å². The van der Waals surface area contributed by atoms with Gasteiger partial charge in [0.15, 0.2) is 0 Å². The molecule has 1 heterocycles. The summed E-state index contributed by atoms with van der Waals surface area (Å²) in [6.45, 7) is 2.36. The predicted molar refractivity (Wildman–Crippen MR) is 79.6 cm³/mol. The van der Waals surface area contributed by atoms with Crippen LogP contribution in [0.5, 0.6) is 0 Å². The molecule has 0 aromatic heterocycles. The van der Waals surface area contributed by atoms with E-state index in [9.17, 15) is 4.39 Å². The van der Waals surface area contributed by atoms with Crippen LogP contribution in [-0.4, -0.2) is 49.6 Å². The first-order chi connectivity index (χ1) is 9.02. The summed E-state index contributed by atoms with van der Waals surface area (Å²) in [5, 5.41) is 0. The van der Waals surface area contributed by atoms with Crippen molar-refractivity contribution in [3.05, 3.63) is 34.1 Å². The zero-order chi connectivity index (χ0) is 14.0. The van der Waals surface area contributed by atoms with E-state index in [1.807, 2.05) is 12.1 Å². The van der Waals surface area contributed by atoms with Gasteiger partial charge in [-0.3, -0.25) is 4.90 Å². The van der Waals surface area contributed by atoms with Crippen LogP contribution in [0.3, 0.4) is 0 Å². The van der Waals surface area contributed by atoms with E-state index in [1.165, 1.54) is 6.07 Å². The maximum Gasteiger partial charge on any atom is 0.129 e. The first-order valence-electron chi connectivity index (χ1n) is 6.58.